The molecule has 0 spiro atoms. The number of anilines is 1. The standard InChI is InChI=1S/C19H15F2N3O3/c1-26-16-4-2-11(3-5-16)18-22-19(27-23-18)12-6-17(25)24(10-12)15-8-13(20)7-14(21)9-15/h2-5,7-9,12H,6,10H2,1H3. The zero-order valence-corrected chi connectivity index (χ0v) is 14.4. The molecule has 2 heterocycles. The molecule has 0 bridgehead atoms. The van der Waals surface area contributed by atoms with Crippen molar-refractivity contribution in [1.29, 1.82) is 0 Å². The number of ether oxygens (including phenoxy) is 1. The zero-order valence-electron chi connectivity index (χ0n) is 14.4. The van der Waals surface area contributed by atoms with Crippen LogP contribution in [0, 0.1) is 11.6 Å². The molecule has 8 heteroatoms. The first-order chi connectivity index (χ1) is 13.0. The van der Waals surface area contributed by atoms with Gasteiger partial charge >= 0.3 is 0 Å². The van der Waals surface area contributed by atoms with Crippen LogP contribution in [0.15, 0.2) is 47.0 Å². The molecule has 138 valence electrons. The fraction of sp³-hybridized carbons (Fsp3) is 0.211. The largest absolute Gasteiger partial charge is 0.497 e. The predicted octanol–water partition coefficient (Wildman–Crippen LogP) is 3.54. The third-order valence-corrected chi connectivity index (χ3v) is 4.42. The highest BCUT2D eigenvalue weighted by molar-refractivity contribution is 5.96. The lowest BCUT2D eigenvalue weighted by Gasteiger charge is -2.16. The van der Waals surface area contributed by atoms with Crippen LogP contribution in [0.2, 0.25) is 0 Å². The summed E-state index contributed by atoms with van der Waals surface area (Å²) in [5.41, 5.74) is 0.925. The summed E-state index contributed by atoms with van der Waals surface area (Å²) < 4.78 is 37.3. The van der Waals surface area contributed by atoms with Crippen LogP contribution in [0.1, 0.15) is 18.2 Å². The van der Waals surface area contributed by atoms with Crippen LogP contribution < -0.4 is 9.64 Å². The summed E-state index contributed by atoms with van der Waals surface area (Å²) in [6, 6.07) is 10.2. The van der Waals surface area contributed by atoms with Crippen molar-refractivity contribution in [2.24, 2.45) is 0 Å². The molecule has 0 N–H and O–H groups in total. The number of amides is 1. The molecule has 1 fully saturated rings. The van der Waals surface area contributed by atoms with E-state index in [9.17, 15) is 13.6 Å². The number of hydrogen-bond donors (Lipinski definition) is 0. The quantitative estimate of drug-likeness (QED) is 0.702. The Balaban J connectivity index is 1.54. The van der Waals surface area contributed by atoms with Crippen LogP contribution in [-0.2, 0) is 4.79 Å². The van der Waals surface area contributed by atoms with E-state index in [1.165, 1.54) is 4.90 Å². The SMILES string of the molecule is COc1ccc(-c2noc(C3CC(=O)N(c4cc(F)cc(F)c4)C3)n2)cc1. The molecule has 6 nitrogen and oxygen atoms in total. The number of benzene rings is 2. The maximum absolute atomic E-state index is 13.4. The summed E-state index contributed by atoms with van der Waals surface area (Å²) in [5.74, 6) is -0.648. The van der Waals surface area contributed by atoms with E-state index in [1.54, 1.807) is 31.4 Å². The van der Waals surface area contributed by atoms with Crippen molar-refractivity contribution in [3.05, 3.63) is 60.0 Å². The van der Waals surface area contributed by atoms with E-state index in [1.807, 2.05) is 0 Å². The predicted molar refractivity (Wildman–Crippen MR) is 92.4 cm³/mol. The van der Waals surface area contributed by atoms with Gasteiger partial charge < -0.3 is 14.2 Å². The number of nitrogens with zero attached hydrogens (tertiary/aromatic N) is 3. The van der Waals surface area contributed by atoms with Gasteiger partial charge in [0.2, 0.25) is 17.6 Å². The van der Waals surface area contributed by atoms with Gasteiger partial charge in [0.05, 0.1) is 13.0 Å². The molecule has 27 heavy (non-hydrogen) atoms. The second-order valence-electron chi connectivity index (χ2n) is 6.22. The van der Waals surface area contributed by atoms with Crippen molar-refractivity contribution in [2.45, 2.75) is 12.3 Å². The molecule has 1 atom stereocenters. The molecular formula is C19H15F2N3O3. The Morgan fingerprint density at radius 1 is 1.15 bits per heavy atom. The highest BCUT2D eigenvalue weighted by Gasteiger charge is 2.35. The van der Waals surface area contributed by atoms with Crippen LogP contribution >= 0.6 is 0 Å². The summed E-state index contributed by atoms with van der Waals surface area (Å²) >= 11 is 0. The summed E-state index contributed by atoms with van der Waals surface area (Å²) in [6.07, 6.45) is 0.127. The van der Waals surface area contributed by atoms with Gasteiger partial charge in [0, 0.05) is 30.3 Å². The number of carbonyl (C=O) groups excluding carboxylic acids is 1. The smallest absolute Gasteiger partial charge is 0.232 e. The highest BCUT2D eigenvalue weighted by atomic mass is 19.1. The number of rotatable bonds is 4. The molecule has 2 aromatic carbocycles. The van der Waals surface area contributed by atoms with Crippen LogP contribution in [0.25, 0.3) is 11.4 Å². The maximum atomic E-state index is 13.4. The second-order valence-corrected chi connectivity index (χ2v) is 6.22. The van der Waals surface area contributed by atoms with Gasteiger partial charge in [-0.15, -0.1) is 0 Å². The Bertz CT molecular complexity index is 968. The van der Waals surface area contributed by atoms with Crippen molar-refractivity contribution in [3.8, 4) is 17.1 Å². The third-order valence-electron chi connectivity index (χ3n) is 4.42. The van der Waals surface area contributed by atoms with E-state index >= 15 is 0 Å². The van der Waals surface area contributed by atoms with E-state index in [0.717, 1.165) is 23.8 Å². The Morgan fingerprint density at radius 3 is 2.52 bits per heavy atom. The topological polar surface area (TPSA) is 68.5 Å². The maximum Gasteiger partial charge on any atom is 0.232 e. The summed E-state index contributed by atoms with van der Waals surface area (Å²) in [6.45, 7) is 0.214. The van der Waals surface area contributed by atoms with Gasteiger partial charge in [0.25, 0.3) is 0 Å². The Morgan fingerprint density at radius 2 is 1.85 bits per heavy atom. The minimum absolute atomic E-state index is 0.127. The van der Waals surface area contributed by atoms with Gasteiger partial charge in [-0.05, 0) is 36.4 Å². The molecule has 1 aromatic heterocycles. The first kappa shape index (κ1) is 17.1. The molecule has 0 aliphatic carbocycles. The van der Waals surface area contributed by atoms with Crippen molar-refractivity contribution in [3.63, 3.8) is 0 Å². The zero-order chi connectivity index (χ0) is 19.0. The Hall–Kier alpha value is -3.29. The fourth-order valence-electron chi connectivity index (χ4n) is 3.08. The monoisotopic (exact) mass is 371 g/mol. The van der Waals surface area contributed by atoms with E-state index in [2.05, 4.69) is 10.1 Å². The molecule has 1 unspecified atom stereocenters. The van der Waals surface area contributed by atoms with Gasteiger partial charge in [-0.25, -0.2) is 8.78 Å². The Labute approximate surface area is 153 Å². The Kier molecular flexibility index (Phi) is 4.31. The minimum Gasteiger partial charge on any atom is -0.497 e. The van der Waals surface area contributed by atoms with Crippen LogP contribution in [0.5, 0.6) is 5.75 Å². The molecule has 4 rings (SSSR count). The summed E-state index contributed by atoms with van der Waals surface area (Å²) in [5, 5.41) is 3.96. The first-order valence-electron chi connectivity index (χ1n) is 8.28. The van der Waals surface area contributed by atoms with Crippen LogP contribution in [-0.4, -0.2) is 29.7 Å². The minimum atomic E-state index is -0.735. The number of carbonyl (C=O) groups is 1. The third kappa shape index (κ3) is 3.38. The summed E-state index contributed by atoms with van der Waals surface area (Å²) in [7, 11) is 1.58. The molecule has 1 amide bonds. The van der Waals surface area contributed by atoms with Gasteiger partial charge in [-0.1, -0.05) is 5.16 Å². The number of methoxy groups -OCH3 is 1. The molecule has 1 aliphatic heterocycles. The first-order valence-corrected chi connectivity index (χ1v) is 8.28. The van der Waals surface area contributed by atoms with Gasteiger partial charge in [-0.3, -0.25) is 4.79 Å². The second kappa shape index (κ2) is 6.79. The molecule has 1 saturated heterocycles. The number of hydrogen-bond acceptors (Lipinski definition) is 5. The molecule has 1 aliphatic rings. The molecular weight excluding hydrogens is 356 g/mol. The van der Waals surface area contributed by atoms with Crippen molar-refractivity contribution >= 4 is 11.6 Å². The average Bonchev–Trinajstić information content (AvgIpc) is 3.28. The van der Waals surface area contributed by atoms with E-state index in [0.29, 0.717) is 17.5 Å². The van der Waals surface area contributed by atoms with Crippen molar-refractivity contribution < 1.29 is 22.8 Å². The normalized spacial score (nSPS) is 16.8. The van der Waals surface area contributed by atoms with Gasteiger partial charge in [0.15, 0.2) is 0 Å². The van der Waals surface area contributed by atoms with E-state index < -0.39 is 11.6 Å². The number of halogens is 2. The lowest BCUT2D eigenvalue weighted by atomic mass is 10.1. The highest BCUT2D eigenvalue weighted by Crippen LogP contribution is 2.32. The van der Waals surface area contributed by atoms with Crippen LogP contribution in [0.4, 0.5) is 14.5 Å². The van der Waals surface area contributed by atoms with E-state index in [4.69, 9.17) is 9.26 Å². The van der Waals surface area contributed by atoms with Crippen LogP contribution in [0.3, 0.4) is 0 Å². The lowest BCUT2D eigenvalue weighted by Crippen LogP contribution is -2.24. The average molecular weight is 371 g/mol. The van der Waals surface area contributed by atoms with Gasteiger partial charge in [-0.2, -0.15) is 4.98 Å². The fourth-order valence-corrected chi connectivity index (χ4v) is 3.08. The molecule has 0 saturated carbocycles. The van der Waals surface area contributed by atoms with E-state index in [-0.39, 0.29) is 30.5 Å². The van der Waals surface area contributed by atoms with Gasteiger partial charge in [0.1, 0.15) is 17.4 Å². The summed E-state index contributed by atoms with van der Waals surface area (Å²) in [4.78, 5) is 18.0. The molecule has 3 aromatic rings. The lowest BCUT2D eigenvalue weighted by molar-refractivity contribution is -0.117. The molecule has 0 radical (unpaired) electrons. The van der Waals surface area contributed by atoms with Crippen molar-refractivity contribution in [2.75, 3.05) is 18.6 Å². The number of aromatic nitrogens is 2. The van der Waals surface area contributed by atoms with Crippen molar-refractivity contribution in [1.82, 2.24) is 10.1 Å².